The lowest BCUT2D eigenvalue weighted by atomic mass is 9.93. The average Bonchev–Trinajstić information content (AvgIpc) is 3.16. The molecule has 2 heterocycles. The predicted octanol–water partition coefficient (Wildman–Crippen LogP) is -0.140. The summed E-state index contributed by atoms with van der Waals surface area (Å²) in [6, 6.07) is 1.55. The summed E-state index contributed by atoms with van der Waals surface area (Å²) >= 11 is 0. The Bertz CT molecular complexity index is 768. The summed E-state index contributed by atoms with van der Waals surface area (Å²) < 4.78 is 31.3. The highest BCUT2D eigenvalue weighted by Gasteiger charge is 2.30. The molecule has 0 saturated carbocycles. The molecule has 0 aliphatic carbocycles. The maximum absolute atomic E-state index is 12.6. The molecule has 1 fully saturated rings. The molecule has 1 aromatic heterocycles. The van der Waals surface area contributed by atoms with Crippen molar-refractivity contribution in [1.29, 1.82) is 0 Å². The number of sulfonamides is 1. The number of guanidine groups is 1. The molecule has 0 atom stereocenters. The highest BCUT2D eigenvalue weighted by molar-refractivity contribution is 7.88. The molecular weight excluding hydrogens is 384 g/mol. The van der Waals surface area contributed by atoms with Gasteiger partial charge in [-0.2, -0.15) is 4.31 Å². The molecule has 0 bridgehead atoms. The molecule has 11 heteroatoms. The predicted molar refractivity (Wildman–Crippen MR) is 106 cm³/mol. The second-order valence-electron chi connectivity index (χ2n) is 7.27. The number of aliphatic imine (C=N–C) groups is 1. The Morgan fingerprint density at radius 3 is 2.54 bits per heavy atom. The van der Waals surface area contributed by atoms with Crippen molar-refractivity contribution in [2.24, 2.45) is 10.4 Å². The molecule has 1 amide bonds. The number of nitrogens with zero attached hydrogens (tertiary/aromatic N) is 4. The number of hydrogen-bond acceptors (Lipinski definition) is 6. The van der Waals surface area contributed by atoms with E-state index in [0.29, 0.717) is 50.9 Å². The van der Waals surface area contributed by atoms with Gasteiger partial charge in [-0.15, -0.1) is 0 Å². The Morgan fingerprint density at radius 2 is 2.00 bits per heavy atom. The highest BCUT2D eigenvalue weighted by atomic mass is 32.2. The minimum absolute atomic E-state index is 0.0733. The third-order valence-electron chi connectivity index (χ3n) is 4.55. The van der Waals surface area contributed by atoms with E-state index in [9.17, 15) is 13.2 Å². The Hall–Kier alpha value is -2.14. The fourth-order valence-electron chi connectivity index (χ4n) is 2.88. The van der Waals surface area contributed by atoms with Crippen LogP contribution in [0.3, 0.4) is 0 Å². The molecule has 0 radical (unpaired) electrons. The van der Waals surface area contributed by atoms with Crippen LogP contribution in [-0.2, 0) is 20.6 Å². The van der Waals surface area contributed by atoms with E-state index in [1.165, 1.54) is 10.6 Å². The number of carbonyl (C=O) groups excluding carboxylic acids is 1. The van der Waals surface area contributed by atoms with Gasteiger partial charge in [0.1, 0.15) is 12.0 Å². The molecule has 1 aromatic rings. The fourth-order valence-corrected chi connectivity index (χ4v) is 4.30. The van der Waals surface area contributed by atoms with Crippen LogP contribution in [0, 0.1) is 5.41 Å². The van der Waals surface area contributed by atoms with E-state index in [2.05, 4.69) is 20.8 Å². The normalized spacial score (nSPS) is 16.9. The number of amides is 1. The Morgan fingerprint density at radius 1 is 1.32 bits per heavy atom. The van der Waals surface area contributed by atoms with Gasteiger partial charge in [-0.3, -0.25) is 9.79 Å². The summed E-state index contributed by atoms with van der Waals surface area (Å²) in [5.74, 6) is 0.446. The third kappa shape index (κ3) is 5.68. The number of piperazine rings is 1. The Labute approximate surface area is 166 Å². The van der Waals surface area contributed by atoms with Gasteiger partial charge in [-0.1, -0.05) is 5.16 Å². The minimum Gasteiger partial charge on any atom is -0.364 e. The van der Waals surface area contributed by atoms with Crippen molar-refractivity contribution in [3.05, 3.63) is 18.0 Å². The number of hydrogen-bond donors (Lipinski definition) is 2. The number of rotatable bonds is 7. The van der Waals surface area contributed by atoms with E-state index in [1.807, 2.05) is 25.7 Å². The average molecular weight is 415 g/mol. The molecule has 28 heavy (non-hydrogen) atoms. The van der Waals surface area contributed by atoms with Crippen LogP contribution in [0.25, 0.3) is 0 Å². The molecule has 2 rings (SSSR count). The second-order valence-corrected chi connectivity index (χ2v) is 9.24. The van der Waals surface area contributed by atoms with Crippen molar-refractivity contribution in [2.45, 2.75) is 26.5 Å². The SMILES string of the molecule is CCNC(=NCC(C)(C)C(=O)NC)N1CCN(S(=O)(=O)Cc2ccon2)CC1. The first kappa shape index (κ1) is 22.2. The zero-order valence-corrected chi connectivity index (χ0v) is 17.8. The minimum atomic E-state index is -3.45. The topological polar surface area (TPSA) is 120 Å². The van der Waals surface area contributed by atoms with Crippen LogP contribution in [0.1, 0.15) is 26.5 Å². The molecule has 10 nitrogen and oxygen atoms in total. The van der Waals surface area contributed by atoms with Gasteiger partial charge in [0.2, 0.25) is 15.9 Å². The van der Waals surface area contributed by atoms with Gasteiger partial charge in [-0.05, 0) is 20.8 Å². The van der Waals surface area contributed by atoms with Gasteiger partial charge in [0.25, 0.3) is 0 Å². The summed E-state index contributed by atoms with van der Waals surface area (Å²) in [5.41, 5.74) is -0.230. The van der Waals surface area contributed by atoms with Crippen LogP contribution < -0.4 is 10.6 Å². The maximum Gasteiger partial charge on any atom is 0.227 e. The van der Waals surface area contributed by atoms with Gasteiger partial charge in [0.05, 0.1) is 17.7 Å². The monoisotopic (exact) mass is 414 g/mol. The Kier molecular flexibility index (Phi) is 7.41. The van der Waals surface area contributed by atoms with Crippen LogP contribution in [-0.4, -0.2) is 81.0 Å². The van der Waals surface area contributed by atoms with E-state index < -0.39 is 15.4 Å². The van der Waals surface area contributed by atoms with E-state index in [0.717, 1.165) is 0 Å². The molecule has 158 valence electrons. The van der Waals surface area contributed by atoms with Crippen LogP contribution in [0.4, 0.5) is 0 Å². The van der Waals surface area contributed by atoms with Crippen molar-refractivity contribution in [3.63, 3.8) is 0 Å². The summed E-state index contributed by atoms with van der Waals surface area (Å²) in [7, 11) is -1.84. The largest absolute Gasteiger partial charge is 0.364 e. The first-order valence-corrected chi connectivity index (χ1v) is 10.9. The Balaban J connectivity index is 2.00. The first-order valence-electron chi connectivity index (χ1n) is 9.32. The van der Waals surface area contributed by atoms with Gasteiger partial charge in [-0.25, -0.2) is 8.42 Å². The van der Waals surface area contributed by atoms with Crippen LogP contribution in [0.2, 0.25) is 0 Å². The molecule has 0 unspecified atom stereocenters. The van der Waals surface area contributed by atoms with Gasteiger partial charge >= 0.3 is 0 Å². The molecule has 1 saturated heterocycles. The van der Waals surface area contributed by atoms with Crippen molar-refractivity contribution < 1.29 is 17.7 Å². The van der Waals surface area contributed by atoms with E-state index >= 15 is 0 Å². The lowest BCUT2D eigenvalue weighted by Crippen LogP contribution is -2.54. The molecule has 0 aromatic carbocycles. The molecule has 0 spiro atoms. The van der Waals surface area contributed by atoms with E-state index in [1.54, 1.807) is 13.1 Å². The second kappa shape index (κ2) is 9.37. The zero-order chi connectivity index (χ0) is 20.8. The number of carbonyl (C=O) groups is 1. The maximum atomic E-state index is 12.6. The fraction of sp³-hybridized carbons (Fsp3) is 0.706. The summed E-state index contributed by atoms with van der Waals surface area (Å²) in [4.78, 5) is 18.6. The quantitative estimate of drug-likeness (QED) is 0.471. The van der Waals surface area contributed by atoms with Crippen molar-refractivity contribution in [1.82, 2.24) is 25.0 Å². The molecule has 1 aliphatic heterocycles. The lowest BCUT2D eigenvalue weighted by molar-refractivity contribution is -0.128. The summed E-state index contributed by atoms with van der Waals surface area (Å²) in [6.07, 6.45) is 1.36. The molecule has 1 aliphatic rings. The van der Waals surface area contributed by atoms with Gasteiger partial charge in [0, 0.05) is 45.8 Å². The van der Waals surface area contributed by atoms with E-state index in [-0.39, 0.29) is 11.7 Å². The molecule has 2 N–H and O–H groups in total. The highest BCUT2D eigenvalue weighted by Crippen LogP contribution is 2.16. The first-order chi connectivity index (χ1) is 13.2. The number of aromatic nitrogens is 1. The van der Waals surface area contributed by atoms with Crippen molar-refractivity contribution in [2.75, 3.05) is 46.3 Å². The van der Waals surface area contributed by atoms with Gasteiger partial charge in [0.15, 0.2) is 5.96 Å². The van der Waals surface area contributed by atoms with Crippen molar-refractivity contribution in [3.8, 4) is 0 Å². The third-order valence-corrected chi connectivity index (χ3v) is 6.37. The summed E-state index contributed by atoms with van der Waals surface area (Å²) in [6.45, 7) is 8.43. The van der Waals surface area contributed by atoms with Crippen molar-refractivity contribution >= 4 is 21.9 Å². The summed E-state index contributed by atoms with van der Waals surface area (Å²) in [5, 5.41) is 9.56. The van der Waals surface area contributed by atoms with Crippen LogP contribution >= 0.6 is 0 Å². The number of nitrogens with one attached hydrogen (secondary N) is 2. The zero-order valence-electron chi connectivity index (χ0n) is 16.9. The van der Waals surface area contributed by atoms with Crippen LogP contribution in [0.5, 0.6) is 0 Å². The van der Waals surface area contributed by atoms with E-state index in [4.69, 9.17) is 4.52 Å². The van der Waals surface area contributed by atoms with Crippen LogP contribution in [0.15, 0.2) is 21.8 Å². The standard InChI is InChI=1S/C17H30N6O4S/c1-5-19-16(20-13-17(2,3)15(24)18-4)22-7-9-23(10-8-22)28(25,26)12-14-6-11-27-21-14/h6,11H,5,7-10,12-13H2,1-4H3,(H,18,24)(H,19,20). The molecular formula is C17H30N6O4S. The van der Waals surface area contributed by atoms with Gasteiger partial charge < -0.3 is 20.1 Å². The smallest absolute Gasteiger partial charge is 0.227 e. The lowest BCUT2D eigenvalue weighted by Gasteiger charge is -2.36.